The Hall–Kier alpha value is -9.14. The molecule has 0 aliphatic carbocycles. The average Bonchev–Trinajstić information content (AvgIpc) is 0.728. The van der Waals surface area contributed by atoms with Gasteiger partial charge < -0.3 is 80.9 Å². The summed E-state index contributed by atoms with van der Waals surface area (Å²) in [5, 5.41) is 17.6. The van der Waals surface area contributed by atoms with Crippen LogP contribution in [0, 0.1) is 0 Å². The van der Waals surface area contributed by atoms with E-state index >= 15 is 0 Å². The molecule has 0 saturated carbocycles. The molecule has 3 saturated heterocycles. The maximum absolute atomic E-state index is 14.1. The van der Waals surface area contributed by atoms with Gasteiger partial charge in [-0.1, -0.05) is 361 Å². The molecular weight excluding hydrogens is 1540 g/mol. The van der Waals surface area contributed by atoms with Crippen molar-refractivity contribution in [2.75, 3.05) is 26.4 Å². The Bertz CT molecular complexity index is 4360. The van der Waals surface area contributed by atoms with Crippen molar-refractivity contribution in [1.29, 1.82) is 0 Å². The van der Waals surface area contributed by atoms with Crippen LogP contribution in [0.1, 0.15) is 141 Å². The van der Waals surface area contributed by atoms with Gasteiger partial charge in [0.2, 0.25) is 0 Å². The normalized spacial score (nSPS) is 23.4. The summed E-state index contributed by atoms with van der Waals surface area (Å²) < 4.78 is 114. The van der Waals surface area contributed by atoms with E-state index < -0.39 is 110 Å². The largest absolute Gasteiger partial charge is 0.454 e. The highest BCUT2D eigenvalue weighted by Gasteiger charge is 2.58. The zero-order valence-electron chi connectivity index (χ0n) is 70.4. The van der Waals surface area contributed by atoms with Gasteiger partial charge in [0.25, 0.3) is 0 Å². The van der Waals surface area contributed by atoms with E-state index in [1.807, 2.05) is 279 Å². The van der Waals surface area contributed by atoms with E-state index in [2.05, 4.69) is 23.0 Å². The highest BCUT2D eigenvalue weighted by atomic mass is 16.8. The molecule has 9 aromatic carbocycles. The van der Waals surface area contributed by atoms with Crippen LogP contribution in [0.15, 0.2) is 290 Å². The van der Waals surface area contributed by atoms with E-state index in [4.69, 9.17) is 75.8 Å². The van der Waals surface area contributed by atoms with Crippen LogP contribution < -0.4 is 0 Å². The molecule has 0 bridgehead atoms. The molecule has 1 N–H and O–H groups in total. The fourth-order valence-corrected chi connectivity index (χ4v) is 15.4. The number of hydrogen-bond donors (Lipinski definition) is 1. The van der Waals surface area contributed by atoms with Gasteiger partial charge >= 0.3 is 5.97 Å². The second kappa shape index (κ2) is 52.5. The summed E-state index contributed by atoms with van der Waals surface area (Å²) in [6.45, 7) is 3.91. The van der Waals surface area contributed by atoms with Gasteiger partial charge in [0.15, 0.2) is 25.0 Å². The van der Waals surface area contributed by atoms with Gasteiger partial charge in [-0.15, -0.1) is 0 Å². The quantitative estimate of drug-likeness (QED) is 0.00932. The highest BCUT2D eigenvalue weighted by molar-refractivity contribution is 5.66. The van der Waals surface area contributed by atoms with E-state index in [0.29, 0.717) is 0 Å². The minimum atomic E-state index is -1.46. The number of unbranched alkanes of at least 4 members (excludes halogenated alkanes) is 11. The molecule has 122 heavy (non-hydrogen) atoms. The van der Waals surface area contributed by atoms with Crippen LogP contribution in [0.25, 0.3) is 10.4 Å². The first-order valence-electron chi connectivity index (χ1n) is 43.4. The third kappa shape index (κ3) is 30.4. The highest BCUT2D eigenvalue weighted by Crippen LogP contribution is 2.40. The molecule has 0 radical (unpaired) electrons. The first-order chi connectivity index (χ1) is 60.2. The molecule has 648 valence electrons. The van der Waals surface area contributed by atoms with Crippen LogP contribution in [0.2, 0.25) is 0 Å². The van der Waals surface area contributed by atoms with Gasteiger partial charge in [0, 0.05) is 11.8 Å². The molecule has 3 aliphatic rings. The first-order valence-corrected chi connectivity index (χ1v) is 43.4. The van der Waals surface area contributed by atoms with Crippen LogP contribution in [-0.4, -0.2) is 142 Å². The van der Waals surface area contributed by atoms with Gasteiger partial charge in [-0.3, -0.25) is 4.79 Å². The Kier molecular flexibility index (Phi) is 39.6. The molecule has 0 spiro atoms. The van der Waals surface area contributed by atoms with Crippen molar-refractivity contribution in [2.24, 2.45) is 5.11 Å². The predicted octanol–water partition coefficient (Wildman–Crippen LogP) is 19.3. The molecule has 3 aliphatic heterocycles. The van der Waals surface area contributed by atoms with Crippen molar-refractivity contribution < 1.29 is 85.7 Å². The molecule has 0 amide bonds. The number of aliphatic hydroxyl groups excluding tert-OH is 1. The second-order valence-corrected chi connectivity index (χ2v) is 31.3. The number of esters is 1. The number of ether oxygens (including phenoxy) is 16. The van der Waals surface area contributed by atoms with Gasteiger partial charge in [-0.25, -0.2) is 0 Å². The lowest BCUT2D eigenvalue weighted by molar-refractivity contribution is -0.393. The van der Waals surface area contributed by atoms with Crippen LogP contribution in [-0.2, 0) is 140 Å². The molecular formula is C101H121N3O18. The van der Waals surface area contributed by atoms with Crippen LogP contribution >= 0.6 is 0 Å². The van der Waals surface area contributed by atoms with Crippen molar-refractivity contribution in [3.8, 4) is 0 Å². The summed E-state index contributed by atoms with van der Waals surface area (Å²) in [5.41, 5.74) is 18.2. The Morgan fingerprint density at radius 1 is 0.377 bits per heavy atom. The summed E-state index contributed by atoms with van der Waals surface area (Å²) in [4.78, 5) is 17.5. The lowest BCUT2D eigenvalue weighted by atomic mass is 9.95. The van der Waals surface area contributed by atoms with E-state index in [-0.39, 0.29) is 85.9 Å². The number of azide groups is 1. The Balaban J connectivity index is 0.924. The van der Waals surface area contributed by atoms with Gasteiger partial charge in [0.1, 0.15) is 67.1 Å². The standard InChI is InChI=1S/C101H121N3O18/c1-3-4-5-6-7-8-9-10-11-12-13-14-42-61-86(110-65-79-49-30-18-31-50-79)85(103-104-102)71-116-99-98(117-75(2)105)96(114-69-83-57-38-22-39-58-83)93(88(118-99)73-108-63-77-45-26-16-27-46-77)122-101-97(115-70-84-59-40-23-41-60-84)95(113-68-82-55-36-21-37-56-82)92(89(120-101)74-109-64-78-47-28-17-29-48-78)121-100-94(112-67-81-53-34-20-35-54-81)90(106)91(111-66-80-51-32-19-33-52-80)87(119-100)72-107-62-76-43-24-15-25-44-76/h15-61,85-101,106H,3-14,62-74H2,1-2H3/t85-,86-,87?,88?,89?,90+,91+,92+,93+,94?,95+,96+,97?,98?,99-,100+,101+/m1/s1. The van der Waals surface area contributed by atoms with E-state index in [9.17, 15) is 15.4 Å². The Labute approximate surface area is 719 Å². The number of carbonyl (C=O) groups excluding carboxylic acids is 1. The first kappa shape index (κ1) is 92.1. The SMILES string of the molecule is CCCCCCCCCCCCCC=C[C@@H](OCc1ccccc1)[C@@H](CO[C@@H]1OC(COCc2ccccc2)[C@H](O[C@@H]2OC(COCc3ccccc3)[C@H](O[C@@H]3OC(COCc4ccccc4)[C@H](OCc4ccccc4)[C@H](O)C3OCc3ccccc3)[C@H](OCc3ccccc3)C2OCc2ccccc2)[C@H](OCc2ccccc2)C1OC(C)=O)N=[N+]=[N-]. The minimum absolute atomic E-state index is 0.00614. The Morgan fingerprint density at radius 2 is 0.689 bits per heavy atom. The van der Waals surface area contributed by atoms with Gasteiger partial charge in [0.05, 0.1) is 98.0 Å². The van der Waals surface area contributed by atoms with Crippen LogP contribution in [0.3, 0.4) is 0 Å². The lowest BCUT2D eigenvalue weighted by Gasteiger charge is -2.51. The van der Waals surface area contributed by atoms with Crippen molar-refractivity contribution >= 4 is 5.97 Å². The number of carbonyl (C=O) groups is 1. The molecule has 0 aromatic heterocycles. The second-order valence-electron chi connectivity index (χ2n) is 31.3. The molecule has 17 atom stereocenters. The summed E-state index contributed by atoms with van der Waals surface area (Å²) >= 11 is 0. The molecule has 12 rings (SSSR count). The zero-order valence-corrected chi connectivity index (χ0v) is 70.4. The maximum atomic E-state index is 14.1. The number of rotatable bonds is 53. The van der Waals surface area contributed by atoms with Gasteiger partial charge in [-0.05, 0) is 68.4 Å². The van der Waals surface area contributed by atoms with E-state index in [1.54, 1.807) is 0 Å². The van der Waals surface area contributed by atoms with Gasteiger partial charge in [-0.2, -0.15) is 0 Å². The zero-order chi connectivity index (χ0) is 84.2. The number of allylic oxidation sites excluding steroid dienone is 1. The third-order valence-corrected chi connectivity index (χ3v) is 21.9. The summed E-state index contributed by atoms with van der Waals surface area (Å²) in [5.74, 6) is -0.679. The van der Waals surface area contributed by atoms with Crippen LogP contribution in [0.4, 0.5) is 0 Å². The van der Waals surface area contributed by atoms with E-state index in [1.165, 1.54) is 58.3 Å². The summed E-state index contributed by atoms with van der Waals surface area (Å²) in [7, 11) is 0. The molecule has 3 fully saturated rings. The van der Waals surface area contributed by atoms with Crippen molar-refractivity contribution in [3.63, 3.8) is 0 Å². The number of hydrogen-bond acceptors (Lipinski definition) is 19. The van der Waals surface area contributed by atoms with Crippen molar-refractivity contribution in [1.82, 2.24) is 0 Å². The summed E-state index contributed by atoms with van der Waals surface area (Å²) in [6.07, 6.45) is -1.20. The molecule has 21 nitrogen and oxygen atoms in total. The monoisotopic (exact) mass is 1660 g/mol. The number of nitrogens with zero attached hydrogens (tertiary/aromatic N) is 3. The van der Waals surface area contributed by atoms with E-state index in [0.717, 1.165) is 75.8 Å². The predicted molar refractivity (Wildman–Crippen MR) is 465 cm³/mol. The third-order valence-electron chi connectivity index (χ3n) is 21.9. The molecule has 9 aromatic rings. The number of benzene rings is 9. The topological polar surface area (TPSA) is 234 Å². The minimum Gasteiger partial charge on any atom is -0.454 e. The molecule has 3 heterocycles. The molecule has 6 unspecified atom stereocenters. The number of aliphatic hydroxyl groups is 1. The van der Waals surface area contributed by atoms with Crippen molar-refractivity contribution in [2.45, 2.75) is 255 Å². The maximum Gasteiger partial charge on any atom is 0.303 e. The average molecular weight is 1670 g/mol. The lowest BCUT2D eigenvalue weighted by Crippen LogP contribution is -2.68. The van der Waals surface area contributed by atoms with Crippen LogP contribution in [0.5, 0.6) is 0 Å². The molecule has 21 heteroatoms. The smallest absolute Gasteiger partial charge is 0.303 e. The van der Waals surface area contributed by atoms with Crippen molar-refractivity contribution in [3.05, 3.63) is 346 Å². The summed E-state index contributed by atoms with van der Waals surface area (Å²) in [6, 6.07) is 86.8. The fourth-order valence-electron chi connectivity index (χ4n) is 15.4. The Morgan fingerprint density at radius 3 is 1.07 bits per heavy atom. The fraction of sp³-hybridized carbons (Fsp3) is 0.436.